The third-order valence-corrected chi connectivity index (χ3v) is 2.98. The van der Waals surface area contributed by atoms with Gasteiger partial charge >= 0.3 is 0 Å². The van der Waals surface area contributed by atoms with Crippen molar-refractivity contribution in [2.24, 2.45) is 11.8 Å². The Morgan fingerprint density at radius 1 is 1.57 bits per heavy atom. The molecule has 0 aromatic rings. The number of nitrogens with one attached hydrogen (secondary N) is 1. The van der Waals surface area contributed by atoms with Crippen molar-refractivity contribution in [3.63, 3.8) is 0 Å². The summed E-state index contributed by atoms with van der Waals surface area (Å²) in [5, 5.41) is 3.16. The van der Waals surface area contributed by atoms with Crippen molar-refractivity contribution < 1.29 is 4.79 Å². The summed E-state index contributed by atoms with van der Waals surface area (Å²) in [5.41, 5.74) is 0. The maximum absolute atomic E-state index is 11.6. The lowest BCUT2D eigenvalue weighted by Crippen LogP contribution is -2.31. The molecule has 0 heterocycles. The topological polar surface area (TPSA) is 32.3 Å². The molecule has 1 saturated carbocycles. The van der Waals surface area contributed by atoms with Gasteiger partial charge in [0.15, 0.2) is 0 Å². The van der Waals surface area contributed by atoms with Gasteiger partial charge in [-0.1, -0.05) is 13.8 Å². The summed E-state index contributed by atoms with van der Waals surface area (Å²) in [7, 11) is 1.92. The molecule has 14 heavy (non-hydrogen) atoms. The predicted octanol–water partition coefficient (Wildman–Crippen LogP) is 1.10. The molecular formula is C11H22N2O. The molecule has 3 nitrogen and oxygen atoms in total. The fourth-order valence-electron chi connectivity index (χ4n) is 1.67. The van der Waals surface area contributed by atoms with Crippen molar-refractivity contribution >= 4 is 5.91 Å². The van der Waals surface area contributed by atoms with Crippen molar-refractivity contribution in [2.75, 3.05) is 26.7 Å². The average Bonchev–Trinajstić information content (AvgIpc) is 2.82. The van der Waals surface area contributed by atoms with E-state index in [4.69, 9.17) is 0 Å². The maximum Gasteiger partial charge on any atom is 0.223 e. The van der Waals surface area contributed by atoms with Crippen LogP contribution in [0.25, 0.3) is 0 Å². The monoisotopic (exact) mass is 198 g/mol. The predicted molar refractivity (Wildman–Crippen MR) is 58.1 cm³/mol. The molecule has 0 bridgehead atoms. The van der Waals surface area contributed by atoms with Crippen LogP contribution in [0.5, 0.6) is 0 Å². The summed E-state index contributed by atoms with van der Waals surface area (Å²) in [6.07, 6.45) is 1.93. The summed E-state index contributed by atoms with van der Waals surface area (Å²) >= 11 is 0. The lowest BCUT2D eigenvalue weighted by molar-refractivity contribution is -0.130. The number of nitrogens with zero attached hydrogens (tertiary/aromatic N) is 1. The molecule has 3 heteroatoms. The van der Waals surface area contributed by atoms with Crippen molar-refractivity contribution in [3.8, 4) is 0 Å². The molecule has 1 fully saturated rings. The molecule has 0 aromatic heterocycles. The van der Waals surface area contributed by atoms with Gasteiger partial charge in [-0.2, -0.15) is 0 Å². The standard InChI is InChI=1S/C11H22N2O/c1-4-12-6-5-11(14)13(3)8-10-7-9(10)2/h9-10,12H,4-8H2,1-3H3. The Hall–Kier alpha value is -0.570. The van der Waals surface area contributed by atoms with Gasteiger partial charge < -0.3 is 10.2 Å². The Morgan fingerprint density at radius 3 is 2.71 bits per heavy atom. The van der Waals surface area contributed by atoms with E-state index >= 15 is 0 Å². The zero-order valence-electron chi connectivity index (χ0n) is 9.55. The molecule has 2 atom stereocenters. The van der Waals surface area contributed by atoms with Crippen molar-refractivity contribution in [1.82, 2.24) is 10.2 Å². The highest BCUT2D eigenvalue weighted by Gasteiger charge is 2.33. The van der Waals surface area contributed by atoms with Crippen LogP contribution in [0.1, 0.15) is 26.7 Å². The van der Waals surface area contributed by atoms with Crippen molar-refractivity contribution in [3.05, 3.63) is 0 Å². The Labute approximate surface area is 86.9 Å². The molecule has 82 valence electrons. The van der Waals surface area contributed by atoms with Gasteiger partial charge in [0.1, 0.15) is 0 Å². The minimum absolute atomic E-state index is 0.269. The van der Waals surface area contributed by atoms with Crippen molar-refractivity contribution in [2.45, 2.75) is 26.7 Å². The number of amides is 1. The van der Waals surface area contributed by atoms with Crippen LogP contribution in [-0.4, -0.2) is 37.5 Å². The van der Waals surface area contributed by atoms with E-state index in [0.29, 0.717) is 6.42 Å². The molecule has 0 aromatic carbocycles. The SMILES string of the molecule is CCNCCC(=O)N(C)CC1CC1C. The van der Waals surface area contributed by atoms with Crippen LogP contribution < -0.4 is 5.32 Å². The molecule has 1 amide bonds. The summed E-state index contributed by atoms with van der Waals surface area (Å²) < 4.78 is 0. The van der Waals surface area contributed by atoms with E-state index in [9.17, 15) is 4.79 Å². The molecule has 1 aliphatic carbocycles. The third-order valence-electron chi connectivity index (χ3n) is 2.98. The summed E-state index contributed by atoms with van der Waals surface area (Å²) in [6.45, 7) is 7.00. The molecular weight excluding hydrogens is 176 g/mol. The fraction of sp³-hybridized carbons (Fsp3) is 0.909. The largest absolute Gasteiger partial charge is 0.345 e. The summed E-state index contributed by atoms with van der Waals surface area (Å²) in [5.74, 6) is 1.87. The van der Waals surface area contributed by atoms with Gasteiger partial charge in [-0.25, -0.2) is 0 Å². The molecule has 1 rings (SSSR count). The van der Waals surface area contributed by atoms with Gasteiger partial charge in [0.2, 0.25) is 5.91 Å². The second-order valence-electron chi connectivity index (χ2n) is 4.35. The van der Waals surface area contributed by atoms with Crippen LogP contribution in [0.4, 0.5) is 0 Å². The van der Waals surface area contributed by atoms with Gasteiger partial charge in [-0.05, 0) is 24.8 Å². The Balaban J connectivity index is 2.09. The third kappa shape index (κ3) is 3.66. The fourth-order valence-corrected chi connectivity index (χ4v) is 1.67. The lowest BCUT2D eigenvalue weighted by Gasteiger charge is -2.16. The minimum Gasteiger partial charge on any atom is -0.345 e. The minimum atomic E-state index is 0.269. The van der Waals surface area contributed by atoms with Gasteiger partial charge in [0.05, 0.1) is 0 Å². The quantitative estimate of drug-likeness (QED) is 0.648. The van der Waals surface area contributed by atoms with Crippen LogP contribution >= 0.6 is 0 Å². The second kappa shape index (κ2) is 5.35. The van der Waals surface area contributed by atoms with E-state index < -0.39 is 0 Å². The maximum atomic E-state index is 11.6. The van der Waals surface area contributed by atoms with E-state index in [2.05, 4.69) is 19.2 Å². The van der Waals surface area contributed by atoms with Crippen LogP contribution in [0.3, 0.4) is 0 Å². The Morgan fingerprint density at radius 2 is 2.21 bits per heavy atom. The smallest absolute Gasteiger partial charge is 0.223 e. The molecule has 1 N–H and O–H groups in total. The van der Waals surface area contributed by atoms with Crippen LogP contribution in [-0.2, 0) is 4.79 Å². The van der Waals surface area contributed by atoms with E-state index in [1.54, 1.807) is 0 Å². The summed E-state index contributed by atoms with van der Waals surface area (Å²) in [4.78, 5) is 13.5. The highest BCUT2D eigenvalue weighted by molar-refractivity contribution is 5.76. The number of hydrogen-bond acceptors (Lipinski definition) is 2. The van der Waals surface area contributed by atoms with E-state index in [1.165, 1.54) is 6.42 Å². The van der Waals surface area contributed by atoms with E-state index in [0.717, 1.165) is 31.5 Å². The second-order valence-corrected chi connectivity index (χ2v) is 4.35. The van der Waals surface area contributed by atoms with Gasteiger partial charge in [0, 0.05) is 26.6 Å². The highest BCUT2D eigenvalue weighted by atomic mass is 16.2. The average molecular weight is 198 g/mol. The number of hydrogen-bond donors (Lipinski definition) is 1. The zero-order valence-corrected chi connectivity index (χ0v) is 9.55. The normalized spacial score (nSPS) is 24.8. The Kier molecular flexibility index (Phi) is 4.39. The first-order valence-corrected chi connectivity index (χ1v) is 5.59. The van der Waals surface area contributed by atoms with Crippen molar-refractivity contribution in [1.29, 1.82) is 0 Å². The van der Waals surface area contributed by atoms with E-state index in [1.807, 2.05) is 11.9 Å². The van der Waals surface area contributed by atoms with Crippen LogP contribution in [0.2, 0.25) is 0 Å². The first kappa shape index (κ1) is 11.5. The van der Waals surface area contributed by atoms with Crippen LogP contribution in [0.15, 0.2) is 0 Å². The molecule has 0 aliphatic heterocycles. The first-order valence-electron chi connectivity index (χ1n) is 5.59. The lowest BCUT2D eigenvalue weighted by atomic mass is 10.3. The van der Waals surface area contributed by atoms with Gasteiger partial charge in [-0.15, -0.1) is 0 Å². The summed E-state index contributed by atoms with van der Waals surface area (Å²) in [6, 6.07) is 0. The number of carbonyl (C=O) groups excluding carboxylic acids is 1. The van der Waals surface area contributed by atoms with Gasteiger partial charge in [-0.3, -0.25) is 4.79 Å². The van der Waals surface area contributed by atoms with Crippen LogP contribution in [0, 0.1) is 11.8 Å². The zero-order chi connectivity index (χ0) is 10.6. The molecule has 1 aliphatic rings. The van der Waals surface area contributed by atoms with Gasteiger partial charge in [0.25, 0.3) is 0 Å². The molecule has 2 unspecified atom stereocenters. The number of carbonyl (C=O) groups is 1. The Bertz CT molecular complexity index is 194. The van der Waals surface area contributed by atoms with E-state index in [-0.39, 0.29) is 5.91 Å². The molecule has 0 radical (unpaired) electrons. The number of rotatable bonds is 6. The molecule has 0 saturated heterocycles. The first-order chi connectivity index (χ1) is 6.65. The molecule has 0 spiro atoms. The highest BCUT2D eigenvalue weighted by Crippen LogP contribution is 2.37.